The van der Waals surface area contributed by atoms with Crippen molar-refractivity contribution >= 4 is 27.4 Å². The number of carbonyl (C=O) groups is 1. The Morgan fingerprint density at radius 3 is 2.63 bits per heavy atom. The maximum Gasteiger partial charge on any atom is 0.293 e. The second-order valence-electron chi connectivity index (χ2n) is 7.17. The summed E-state index contributed by atoms with van der Waals surface area (Å²) in [5.74, 6) is -0.286. The predicted octanol–water partition coefficient (Wildman–Crippen LogP) is 3.25. The molecule has 152 valence electrons. The molecule has 0 bridgehead atoms. The van der Waals surface area contributed by atoms with Crippen molar-refractivity contribution in [1.82, 2.24) is 24.7 Å². The third kappa shape index (κ3) is 4.18. The largest absolute Gasteiger partial charge is 0.350 e. The van der Waals surface area contributed by atoms with Gasteiger partial charge in [0.25, 0.3) is 5.56 Å². The molecule has 0 saturated heterocycles. The zero-order chi connectivity index (χ0) is 21.3. The van der Waals surface area contributed by atoms with Gasteiger partial charge in [0.15, 0.2) is 0 Å². The van der Waals surface area contributed by atoms with E-state index in [2.05, 4.69) is 31.4 Å². The molecule has 4 aromatic rings. The van der Waals surface area contributed by atoms with E-state index in [1.165, 1.54) is 10.8 Å². The van der Waals surface area contributed by atoms with Crippen LogP contribution in [0.4, 0.5) is 0 Å². The Balaban J connectivity index is 1.54. The Hall–Kier alpha value is -3.26. The molecule has 2 aromatic heterocycles. The smallest absolute Gasteiger partial charge is 0.293 e. The van der Waals surface area contributed by atoms with Crippen molar-refractivity contribution in [3.63, 3.8) is 0 Å². The zero-order valence-electron chi connectivity index (χ0n) is 16.6. The third-order valence-corrected chi connectivity index (χ3v) is 5.38. The SMILES string of the molecule is Cc1ccc(C)c(-c2cc3c(=O)n(CC(=O)NCc4ccc(Br)cc4)ncn3n2)c1. The van der Waals surface area contributed by atoms with Crippen molar-refractivity contribution < 1.29 is 4.79 Å². The van der Waals surface area contributed by atoms with Gasteiger partial charge < -0.3 is 5.32 Å². The number of aromatic nitrogens is 4. The van der Waals surface area contributed by atoms with E-state index in [9.17, 15) is 9.59 Å². The molecule has 8 heteroatoms. The van der Waals surface area contributed by atoms with Gasteiger partial charge in [0, 0.05) is 16.6 Å². The van der Waals surface area contributed by atoms with Gasteiger partial charge in [-0.2, -0.15) is 10.2 Å². The lowest BCUT2D eigenvalue weighted by Gasteiger charge is -2.07. The standard InChI is InChI=1S/C22H20BrN5O2/c1-14-3-4-15(2)18(9-14)19-10-20-22(30)27(25-13-28(20)26-19)12-21(29)24-11-16-5-7-17(23)8-6-16/h3-10,13H,11-12H2,1-2H3,(H,24,29). The lowest BCUT2D eigenvalue weighted by atomic mass is 10.0. The number of carbonyl (C=O) groups excluding carboxylic acids is 1. The Labute approximate surface area is 181 Å². The average Bonchev–Trinajstić information content (AvgIpc) is 3.16. The van der Waals surface area contributed by atoms with E-state index in [0.29, 0.717) is 17.8 Å². The van der Waals surface area contributed by atoms with Crippen LogP contribution in [0.2, 0.25) is 0 Å². The van der Waals surface area contributed by atoms with E-state index in [1.807, 2.05) is 56.3 Å². The van der Waals surface area contributed by atoms with Crippen LogP contribution >= 0.6 is 15.9 Å². The van der Waals surface area contributed by atoms with Gasteiger partial charge in [0.2, 0.25) is 5.91 Å². The van der Waals surface area contributed by atoms with Crippen molar-refractivity contribution in [3.05, 3.63) is 86.4 Å². The molecule has 2 heterocycles. The zero-order valence-corrected chi connectivity index (χ0v) is 18.2. The highest BCUT2D eigenvalue weighted by Gasteiger charge is 2.13. The molecule has 0 atom stereocenters. The number of amides is 1. The van der Waals surface area contributed by atoms with E-state index in [1.54, 1.807) is 6.07 Å². The van der Waals surface area contributed by atoms with Crippen LogP contribution in [-0.4, -0.2) is 25.3 Å². The number of rotatable bonds is 5. The number of halogens is 1. The molecule has 0 saturated carbocycles. The first kappa shape index (κ1) is 20.0. The van der Waals surface area contributed by atoms with Gasteiger partial charge in [-0.05, 0) is 49.2 Å². The van der Waals surface area contributed by atoms with E-state index in [-0.39, 0.29) is 18.0 Å². The maximum atomic E-state index is 12.8. The first-order valence-electron chi connectivity index (χ1n) is 9.45. The van der Waals surface area contributed by atoms with Gasteiger partial charge in [0.1, 0.15) is 18.4 Å². The Morgan fingerprint density at radius 2 is 1.87 bits per heavy atom. The third-order valence-electron chi connectivity index (χ3n) is 4.86. The minimum atomic E-state index is -0.361. The summed E-state index contributed by atoms with van der Waals surface area (Å²) in [5.41, 5.74) is 4.85. The minimum Gasteiger partial charge on any atom is -0.350 e. The number of nitrogens with one attached hydrogen (secondary N) is 1. The molecule has 1 amide bonds. The van der Waals surface area contributed by atoms with Crippen LogP contribution in [0.15, 0.2) is 64.1 Å². The number of fused-ring (bicyclic) bond motifs is 1. The summed E-state index contributed by atoms with van der Waals surface area (Å²) in [6.07, 6.45) is 1.45. The van der Waals surface area contributed by atoms with Crippen LogP contribution in [0.25, 0.3) is 16.8 Å². The van der Waals surface area contributed by atoms with Crippen molar-refractivity contribution in [2.75, 3.05) is 0 Å². The monoisotopic (exact) mass is 465 g/mol. The molecule has 30 heavy (non-hydrogen) atoms. The molecule has 0 fully saturated rings. The molecule has 0 radical (unpaired) electrons. The van der Waals surface area contributed by atoms with Gasteiger partial charge in [0.05, 0.1) is 5.69 Å². The highest BCUT2D eigenvalue weighted by Crippen LogP contribution is 2.23. The predicted molar refractivity (Wildman–Crippen MR) is 118 cm³/mol. The van der Waals surface area contributed by atoms with Crippen LogP contribution in [0.3, 0.4) is 0 Å². The van der Waals surface area contributed by atoms with Gasteiger partial charge in [-0.25, -0.2) is 9.20 Å². The van der Waals surface area contributed by atoms with Crippen molar-refractivity contribution in [2.24, 2.45) is 0 Å². The molecule has 0 spiro atoms. The molecule has 0 unspecified atom stereocenters. The summed E-state index contributed by atoms with van der Waals surface area (Å²) in [6, 6.07) is 15.5. The first-order valence-corrected chi connectivity index (χ1v) is 10.2. The van der Waals surface area contributed by atoms with Crippen LogP contribution in [-0.2, 0) is 17.9 Å². The van der Waals surface area contributed by atoms with Crippen LogP contribution in [0.1, 0.15) is 16.7 Å². The quantitative estimate of drug-likeness (QED) is 0.490. The van der Waals surface area contributed by atoms with Crippen LogP contribution < -0.4 is 10.9 Å². The number of hydrogen-bond acceptors (Lipinski definition) is 4. The normalized spacial score (nSPS) is 11.0. The fourth-order valence-electron chi connectivity index (χ4n) is 3.19. The van der Waals surface area contributed by atoms with E-state index < -0.39 is 0 Å². The highest BCUT2D eigenvalue weighted by molar-refractivity contribution is 9.10. The Bertz CT molecular complexity index is 1290. The second-order valence-corrected chi connectivity index (χ2v) is 8.09. The molecular formula is C22H20BrN5O2. The number of nitrogens with zero attached hydrogens (tertiary/aromatic N) is 4. The molecule has 0 aliphatic rings. The van der Waals surface area contributed by atoms with Gasteiger partial charge >= 0.3 is 0 Å². The summed E-state index contributed by atoms with van der Waals surface area (Å²) in [5, 5.41) is 11.4. The minimum absolute atomic E-state index is 0.157. The van der Waals surface area contributed by atoms with Gasteiger partial charge in [-0.15, -0.1) is 0 Å². The molecule has 1 N–H and O–H groups in total. The van der Waals surface area contributed by atoms with Crippen molar-refractivity contribution in [2.45, 2.75) is 26.9 Å². The topological polar surface area (TPSA) is 81.3 Å². The maximum absolute atomic E-state index is 12.8. The molecule has 0 aliphatic carbocycles. The van der Waals surface area contributed by atoms with E-state index in [0.717, 1.165) is 31.4 Å². The Morgan fingerprint density at radius 1 is 1.10 bits per heavy atom. The van der Waals surface area contributed by atoms with Gasteiger partial charge in [-0.3, -0.25) is 9.59 Å². The van der Waals surface area contributed by atoms with Crippen molar-refractivity contribution in [3.8, 4) is 11.3 Å². The number of benzene rings is 2. The van der Waals surface area contributed by atoms with E-state index >= 15 is 0 Å². The molecular weight excluding hydrogens is 446 g/mol. The summed E-state index contributed by atoms with van der Waals surface area (Å²) in [6.45, 7) is 4.24. The molecule has 7 nitrogen and oxygen atoms in total. The average molecular weight is 466 g/mol. The summed E-state index contributed by atoms with van der Waals surface area (Å²) >= 11 is 3.38. The fourth-order valence-corrected chi connectivity index (χ4v) is 3.45. The van der Waals surface area contributed by atoms with E-state index in [4.69, 9.17) is 0 Å². The molecule has 2 aromatic carbocycles. The fraction of sp³-hybridized carbons (Fsp3) is 0.182. The summed E-state index contributed by atoms with van der Waals surface area (Å²) in [7, 11) is 0. The van der Waals surface area contributed by atoms with Crippen LogP contribution in [0, 0.1) is 13.8 Å². The molecule has 4 rings (SSSR count). The first-order chi connectivity index (χ1) is 14.4. The number of hydrogen-bond donors (Lipinski definition) is 1. The van der Waals surface area contributed by atoms with Crippen LogP contribution in [0.5, 0.6) is 0 Å². The molecule has 0 aliphatic heterocycles. The highest BCUT2D eigenvalue weighted by atomic mass is 79.9. The van der Waals surface area contributed by atoms with Gasteiger partial charge in [-0.1, -0.05) is 45.8 Å². The lowest BCUT2D eigenvalue weighted by Crippen LogP contribution is -2.34. The lowest BCUT2D eigenvalue weighted by molar-refractivity contribution is -0.122. The second kappa shape index (κ2) is 8.23. The Kier molecular flexibility index (Phi) is 5.50. The summed E-state index contributed by atoms with van der Waals surface area (Å²) in [4.78, 5) is 25.1. The number of aryl methyl sites for hydroxylation is 2. The van der Waals surface area contributed by atoms with Crippen molar-refractivity contribution in [1.29, 1.82) is 0 Å². The summed E-state index contributed by atoms with van der Waals surface area (Å²) < 4.78 is 3.58.